The van der Waals surface area contributed by atoms with Crippen LogP contribution in [0.5, 0.6) is 0 Å². The summed E-state index contributed by atoms with van der Waals surface area (Å²) in [6.07, 6.45) is 3.51. The van der Waals surface area contributed by atoms with E-state index in [1.165, 1.54) is 17.5 Å². The molecule has 5 heteroatoms. The number of nitriles is 1. The molecule has 5 nitrogen and oxygen atoms in total. The molecule has 0 saturated heterocycles. The number of fused-ring (bicyclic) bond motifs is 1. The van der Waals surface area contributed by atoms with E-state index in [0.29, 0.717) is 24.0 Å². The molecule has 1 heterocycles. The molecule has 4 rings (SSSR count). The largest absolute Gasteiger partial charge is 0.403 e. The van der Waals surface area contributed by atoms with Gasteiger partial charge in [0.05, 0.1) is 11.6 Å². The van der Waals surface area contributed by atoms with Crippen molar-refractivity contribution in [3.8, 4) is 17.5 Å². The van der Waals surface area contributed by atoms with Gasteiger partial charge in [-0.15, -0.1) is 5.10 Å². The third-order valence-corrected chi connectivity index (χ3v) is 4.63. The molecule has 0 amide bonds. The monoisotopic (exact) mass is 330 g/mol. The maximum absolute atomic E-state index is 8.99. The van der Waals surface area contributed by atoms with Crippen molar-refractivity contribution in [2.45, 2.75) is 32.7 Å². The molecule has 3 aromatic rings. The predicted molar refractivity (Wildman–Crippen MR) is 95.0 cm³/mol. The predicted octanol–water partition coefficient (Wildman–Crippen LogP) is 4.02. The summed E-state index contributed by atoms with van der Waals surface area (Å²) >= 11 is 0. The van der Waals surface area contributed by atoms with Crippen LogP contribution in [0, 0.1) is 18.3 Å². The minimum Gasteiger partial charge on any atom is -0.403 e. The SMILES string of the molecule is Cc1cc(CNc2nnc(-c3ccc4c(c3)CCC4)o2)ccc1C#N. The average molecular weight is 330 g/mol. The molecule has 0 aliphatic heterocycles. The highest BCUT2D eigenvalue weighted by molar-refractivity contribution is 5.57. The maximum atomic E-state index is 8.99. The number of rotatable bonds is 4. The zero-order valence-corrected chi connectivity index (χ0v) is 14.0. The lowest BCUT2D eigenvalue weighted by Crippen LogP contribution is -2.00. The van der Waals surface area contributed by atoms with E-state index >= 15 is 0 Å². The molecule has 0 bridgehead atoms. The standard InChI is InChI=1S/C20H18N4O/c1-13-9-14(5-6-18(13)11-21)12-22-20-24-23-19(25-20)17-8-7-15-3-2-4-16(15)10-17/h5-10H,2-4,12H2,1H3,(H,22,24). The normalized spacial score (nSPS) is 12.6. The number of aryl methyl sites for hydroxylation is 3. The third kappa shape index (κ3) is 3.11. The van der Waals surface area contributed by atoms with Crippen LogP contribution in [0.1, 0.15) is 34.2 Å². The van der Waals surface area contributed by atoms with Crippen molar-refractivity contribution in [1.82, 2.24) is 10.2 Å². The van der Waals surface area contributed by atoms with Crippen LogP contribution >= 0.6 is 0 Å². The molecule has 0 atom stereocenters. The van der Waals surface area contributed by atoms with Crippen LogP contribution in [0.25, 0.3) is 11.5 Å². The summed E-state index contributed by atoms with van der Waals surface area (Å²) in [5.41, 5.74) is 6.51. The summed E-state index contributed by atoms with van der Waals surface area (Å²) in [6.45, 7) is 2.50. The van der Waals surface area contributed by atoms with Crippen molar-refractivity contribution < 1.29 is 4.42 Å². The van der Waals surface area contributed by atoms with Crippen LogP contribution in [-0.2, 0) is 19.4 Å². The molecule has 25 heavy (non-hydrogen) atoms. The number of nitrogens with zero attached hydrogens (tertiary/aromatic N) is 3. The molecule has 124 valence electrons. The fourth-order valence-electron chi connectivity index (χ4n) is 3.26. The molecule has 0 saturated carbocycles. The molecule has 0 spiro atoms. The summed E-state index contributed by atoms with van der Waals surface area (Å²) < 4.78 is 5.74. The number of hydrogen-bond acceptors (Lipinski definition) is 5. The molecule has 1 aromatic heterocycles. The second-order valence-electron chi connectivity index (χ2n) is 6.36. The minimum atomic E-state index is 0.400. The highest BCUT2D eigenvalue weighted by Crippen LogP contribution is 2.28. The van der Waals surface area contributed by atoms with Crippen molar-refractivity contribution >= 4 is 6.01 Å². The van der Waals surface area contributed by atoms with Gasteiger partial charge in [-0.3, -0.25) is 0 Å². The number of nitrogens with one attached hydrogen (secondary N) is 1. The smallest absolute Gasteiger partial charge is 0.316 e. The zero-order valence-electron chi connectivity index (χ0n) is 14.0. The first kappa shape index (κ1) is 15.4. The van der Waals surface area contributed by atoms with Crippen molar-refractivity contribution in [3.63, 3.8) is 0 Å². The van der Waals surface area contributed by atoms with E-state index in [0.717, 1.165) is 29.5 Å². The van der Waals surface area contributed by atoms with Crippen LogP contribution in [-0.4, -0.2) is 10.2 Å². The summed E-state index contributed by atoms with van der Waals surface area (Å²) in [5, 5.41) is 20.4. The average Bonchev–Trinajstić information content (AvgIpc) is 3.28. The van der Waals surface area contributed by atoms with Gasteiger partial charge in [-0.05, 0) is 66.6 Å². The molecule has 1 aliphatic rings. The Morgan fingerprint density at radius 3 is 2.84 bits per heavy atom. The molecular formula is C20H18N4O. The van der Waals surface area contributed by atoms with E-state index in [1.807, 2.05) is 31.2 Å². The van der Waals surface area contributed by atoms with E-state index in [2.05, 4.69) is 33.7 Å². The van der Waals surface area contributed by atoms with Gasteiger partial charge in [0.2, 0.25) is 5.89 Å². The van der Waals surface area contributed by atoms with Crippen LogP contribution < -0.4 is 5.32 Å². The Kier molecular flexibility index (Phi) is 3.95. The van der Waals surface area contributed by atoms with Crippen LogP contribution in [0.15, 0.2) is 40.8 Å². The van der Waals surface area contributed by atoms with Crippen LogP contribution in [0.4, 0.5) is 6.01 Å². The Labute approximate surface area is 146 Å². The fourth-order valence-corrected chi connectivity index (χ4v) is 3.26. The topological polar surface area (TPSA) is 74.7 Å². The van der Waals surface area contributed by atoms with Gasteiger partial charge in [0.1, 0.15) is 0 Å². The lowest BCUT2D eigenvalue weighted by Gasteiger charge is -2.04. The summed E-state index contributed by atoms with van der Waals surface area (Å²) in [6, 6.07) is 14.7. The molecule has 1 aliphatic carbocycles. The van der Waals surface area contributed by atoms with Gasteiger partial charge in [0, 0.05) is 12.1 Å². The Bertz CT molecular complexity index is 968. The molecular weight excluding hydrogens is 312 g/mol. The quantitative estimate of drug-likeness (QED) is 0.782. The second kappa shape index (κ2) is 6.40. The Morgan fingerprint density at radius 2 is 2.00 bits per heavy atom. The van der Waals surface area contributed by atoms with Gasteiger partial charge in [-0.2, -0.15) is 5.26 Å². The number of benzene rings is 2. The van der Waals surface area contributed by atoms with Gasteiger partial charge >= 0.3 is 6.01 Å². The number of aromatic nitrogens is 2. The molecule has 1 N–H and O–H groups in total. The Morgan fingerprint density at radius 1 is 1.12 bits per heavy atom. The summed E-state index contributed by atoms with van der Waals surface area (Å²) in [5.74, 6) is 0.535. The Balaban J connectivity index is 1.47. The third-order valence-electron chi connectivity index (χ3n) is 4.63. The van der Waals surface area contributed by atoms with Gasteiger partial charge in [0.25, 0.3) is 0 Å². The molecule has 2 aromatic carbocycles. The summed E-state index contributed by atoms with van der Waals surface area (Å²) in [7, 11) is 0. The van der Waals surface area contributed by atoms with Gasteiger partial charge in [0.15, 0.2) is 0 Å². The first-order chi connectivity index (χ1) is 12.2. The van der Waals surface area contributed by atoms with E-state index in [1.54, 1.807) is 0 Å². The molecule has 0 fully saturated rings. The zero-order chi connectivity index (χ0) is 17.2. The van der Waals surface area contributed by atoms with Crippen molar-refractivity contribution in [3.05, 3.63) is 64.2 Å². The van der Waals surface area contributed by atoms with E-state index < -0.39 is 0 Å². The van der Waals surface area contributed by atoms with Crippen molar-refractivity contribution in [1.29, 1.82) is 5.26 Å². The lowest BCUT2D eigenvalue weighted by molar-refractivity contribution is 0.581. The maximum Gasteiger partial charge on any atom is 0.316 e. The van der Waals surface area contributed by atoms with Crippen molar-refractivity contribution in [2.24, 2.45) is 0 Å². The summed E-state index contributed by atoms with van der Waals surface area (Å²) in [4.78, 5) is 0. The minimum absolute atomic E-state index is 0.400. The van der Waals surface area contributed by atoms with E-state index in [-0.39, 0.29) is 0 Å². The first-order valence-corrected chi connectivity index (χ1v) is 8.42. The van der Waals surface area contributed by atoms with Gasteiger partial charge in [-0.25, -0.2) is 0 Å². The van der Waals surface area contributed by atoms with E-state index in [4.69, 9.17) is 9.68 Å². The second-order valence-corrected chi connectivity index (χ2v) is 6.36. The van der Waals surface area contributed by atoms with Crippen LogP contribution in [0.2, 0.25) is 0 Å². The Hall–Kier alpha value is -3.13. The highest BCUT2D eigenvalue weighted by atomic mass is 16.4. The first-order valence-electron chi connectivity index (χ1n) is 8.42. The van der Waals surface area contributed by atoms with Crippen LogP contribution in [0.3, 0.4) is 0 Å². The van der Waals surface area contributed by atoms with E-state index in [9.17, 15) is 0 Å². The molecule has 0 unspecified atom stereocenters. The lowest BCUT2D eigenvalue weighted by atomic mass is 10.1. The number of hydrogen-bond donors (Lipinski definition) is 1. The van der Waals surface area contributed by atoms with Gasteiger partial charge < -0.3 is 9.73 Å². The van der Waals surface area contributed by atoms with Gasteiger partial charge in [-0.1, -0.05) is 23.3 Å². The highest BCUT2D eigenvalue weighted by Gasteiger charge is 2.14. The number of anilines is 1. The van der Waals surface area contributed by atoms with Crippen molar-refractivity contribution in [2.75, 3.05) is 5.32 Å². The fraction of sp³-hybridized carbons (Fsp3) is 0.250. The molecule has 0 radical (unpaired) electrons.